The van der Waals surface area contributed by atoms with E-state index in [2.05, 4.69) is 33.2 Å². The van der Waals surface area contributed by atoms with Crippen LogP contribution < -0.4 is 5.32 Å². The monoisotopic (exact) mass is 378 g/mol. The number of carbonyl (C=O) groups is 1. The van der Waals surface area contributed by atoms with Crippen LogP contribution in [0.5, 0.6) is 0 Å². The first-order chi connectivity index (χ1) is 13.8. The molecule has 4 rings (SSSR count). The summed E-state index contributed by atoms with van der Waals surface area (Å²) in [5.74, 6) is -0.0674. The van der Waals surface area contributed by atoms with E-state index >= 15 is 0 Å². The minimum atomic E-state index is -0.0674. The molecule has 0 saturated carbocycles. The van der Waals surface area contributed by atoms with Gasteiger partial charge in [-0.25, -0.2) is 0 Å². The van der Waals surface area contributed by atoms with Gasteiger partial charge >= 0.3 is 0 Å². The standard InChI is InChI=1S/C22H26N4O2/c1-2-16-17-7-3-4-8-18(17)25-21(16)22(27)24-15-20(19-9-5-6-10-23-19)26-11-13-28-14-12-26/h3-10,20,25H,2,11-15H2,1H3,(H,24,27)/t20-/m1/s1. The number of pyridine rings is 1. The normalized spacial score (nSPS) is 16.2. The largest absolute Gasteiger partial charge is 0.379 e. The Bertz CT molecular complexity index is 932. The van der Waals surface area contributed by atoms with Crippen LogP contribution in [0.15, 0.2) is 48.7 Å². The lowest BCUT2D eigenvalue weighted by atomic mass is 10.1. The number of hydrogen-bond donors (Lipinski definition) is 2. The predicted molar refractivity (Wildman–Crippen MR) is 109 cm³/mol. The summed E-state index contributed by atoms with van der Waals surface area (Å²) < 4.78 is 5.49. The summed E-state index contributed by atoms with van der Waals surface area (Å²) in [5, 5.41) is 4.25. The van der Waals surface area contributed by atoms with E-state index in [4.69, 9.17) is 4.74 Å². The van der Waals surface area contributed by atoms with Crippen LogP contribution in [0.1, 0.15) is 34.7 Å². The van der Waals surface area contributed by atoms with Crippen LogP contribution in [-0.4, -0.2) is 53.6 Å². The zero-order valence-corrected chi connectivity index (χ0v) is 16.1. The number of para-hydroxylation sites is 1. The van der Waals surface area contributed by atoms with E-state index in [9.17, 15) is 4.79 Å². The second-order valence-electron chi connectivity index (χ2n) is 7.01. The van der Waals surface area contributed by atoms with Crippen molar-refractivity contribution in [2.24, 2.45) is 0 Å². The second-order valence-corrected chi connectivity index (χ2v) is 7.01. The van der Waals surface area contributed by atoms with Crippen LogP contribution in [0, 0.1) is 0 Å². The molecule has 0 radical (unpaired) electrons. The van der Waals surface area contributed by atoms with E-state index in [0.29, 0.717) is 25.5 Å². The molecular weight excluding hydrogens is 352 g/mol. The molecule has 28 heavy (non-hydrogen) atoms. The van der Waals surface area contributed by atoms with E-state index in [1.807, 2.05) is 36.4 Å². The molecule has 6 heteroatoms. The highest BCUT2D eigenvalue weighted by Gasteiger charge is 2.25. The molecule has 1 aliphatic rings. The van der Waals surface area contributed by atoms with Crippen molar-refractivity contribution < 1.29 is 9.53 Å². The third-order valence-corrected chi connectivity index (χ3v) is 5.37. The molecule has 146 valence electrons. The second kappa shape index (κ2) is 8.54. The topological polar surface area (TPSA) is 70.2 Å². The number of nitrogens with zero attached hydrogens (tertiary/aromatic N) is 2. The smallest absolute Gasteiger partial charge is 0.268 e. The number of nitrogens with one attached hydrogen (secondary N) is 2. The zero-order valence-electron chi connectivity index (χ0n) is 16.1. The first-order valence-corrected chi connectivity index (χ1v) is 9.88. The third kappa shape index (κ3) is 3.79. The Morgan fingerprint density at radius 3 is 2.75 bits per heavy atom. The van der Waals surface area contributed by atoms with Crippen molar-refractivity contribution in [1.29, 1.82) is 0 Å². The Balaban J connectivity index is 1.54. The Morgan fingerprint density at radius 1 is 1.21 bits per heavy atom. The quantitative estimate of drug-likeness (QED) is 0.692. The molecule has 1 aromatic carbocycles. The molecule has 1 atom stereocenters. The Hall–Kier alpha value is -2.70. The van der Waals surface area contributed by atoms with Crippen molar-refractivity contribution in [3.05, 3.63) is 65.6 Å². The maximum absolute atomic E-state index is 13.0. The fraction of sp³-hybridized carbons (Fsp3) is 0.364. The highest BCUT2D eigenvalue weighted by atomic mass is 16.5. The number of fused-ring (bicyclic) bond motifs is 1. The van der Waals surface area contributed by atoms with E-state index in [-0.39, 0.29) is 11.9 Å². The molecule has 1 amide bonds. The van der Waals surface area contributed by atoms with Crippen molar-refractivity contribution in [2.45, 2.75) is 19.4 Å². The predicted octanol–water partition coefficient (Wildman–Crippen LogP) is 2.93. The van der Waals surface area contributed by atoms with Gasteiger partial charge in [0.15, 0.2) is 0 Å². The average Bonchev–Trinajstić information content (AvgIpc) is 3.14. The van der Waals surface area contributed by atoms with Gasteiger partial charge in [-0.05, 0) is 30.2 Å². The van der Waals surface area contributed by atoms with Gasteiger partial charge in [0.25, 0.3) is 5.91 Å². The van der Waals surface area contributed by atoms with E-state index < -0.39 is 0 Å². The number of aryl methyl sites for hydroxylation is 1. The summed E-state index contributed by atoms with van der Waals surface area (Å²) in [7, 11) is 0. The van der Waals surface area contributed by atoms with Crippen molar-refractivity contribution >= 4 is 16.8 Å². The minimum absolute atomic E-state index is 0.0310. The number of H-pyrrole nitrogens is 1. The number of benzene rings is 1. The Labute approximate surface area is 164 Å². The highest BCUT2D eigenvalue weighted by Crippen LogP contribution is 2.24. The van der Waals surface area contributed by atoms with E-state index in [1.54, 1.807) is 6.20 Å². The van der Waals surface area contributed by atoms with Gasteiger partial charge in [-0.3, -0.25) is 14.7 Å². The fourth-order valence-corrected chi connectivity index (χ4v) is 3.92. The molecule has 0 aliphatic carbocycles. The van der Waals surface area contributed by atoms with Gasteiger partial charge in [0, 0.05) is 36.7 Å². The van der Waals surface area contributed by atoms with Crippen LogP contribution >= 0.6 is 0 Å². The molecule has 3 aromatic rings. The molecule has 2 N–H and O–H groups in total. The summed E-state index contributed by atoms with van der Waals surface area (Å²) in [4.78, 5) is 23.2. The lowest BCUT2D eigenvalue weighted by molar-refractivity contribution is 0.0153. The molecule has 0 spiro atoms. The van der Waals surface area contributed by atoms with E-state index in [1.165, 1.54) is 0 Å². The molecule has 2 aromatic heterocycles. The summed E-state index contributed by atoms with van der Waals surface area (Å²) in [5.41, 5.74) is 3.69. The molecule has 3 heterocycles. The Morgan fingerprint density at radius 2 is 2.00 bits per heavy atom. The van der Waals surface area contributed by atoms with Crippen molar-refractivity contribution in [3.8, 4) is 0 Å². The maximum Gasteiger partial charge on any atom is 0.268 e. The number of hydrogen-bond acceptors (Lipinski definition) is 4. The first kappa shape index (κ1) is 18.7. The molecule has 1 saturated heterocycles. The average molecular weight is 378 g/mol. The van der Waals surface area contributed by atoms with Gasteiger partial charge < -0.3 is 15.0 Å². The molecular formula is C22H26N4O2. The van der Waals surface area contributed by atoms with Crippen molar-refractivity contribution in [3.63, 3.8) is 0 Å². The third-order valence-electron chi connectivity index (χ3n) is 5.37. The van der Waals surface area contributed by atoms with Crippen LogP contribution in [0.25, 0.3) is 10.9 Å². The molecule has 0 bridgehead atoms. The molecule has 1 aliphatic heterocycles. The summed E-state index contributed by atoms with van der Waals surface area (Å²) in [6.07, 6.45) is 2.61. The van der Waals surface area contributed by atoms with Crippen molar-refractivity contribution in [1.82, 2.24) is 20.2 Å². The van der Waals surface area contributed by atoms with E-state index in [0.717, 1.165) is 41.7 Å². The van der Waals surface area contributed by atoms with Crippen LogP contribution in [0.2, 0.25) is 0 Å². The summed E-state index contributed by atoms with van der Waals surface area (Å²) >= 11 is 0. The van der Waals surface area contributed by atoms with Gasteiger partial charge in [-0.1, -0.05) is 31.2 Å². The summed E-state index contributed by atoms with van der Waals surface area (Å²) in [6.45, 7) is 5.68. The van der Waals surface area contributed by atoms with Gasteiger partial charge in [-0.15, -0.1) is 0 Å². The number of amides is 1. The summed E-state index contributed by atoms with van der Waals surface area (Å²) in [6, 6.07) is 14.0. The lowest BCUT2D eigenvalue weighted by Crippen LogP contribution is -2.44. The number of rotatable bonds is 6. The van der Waals surface area contributed by atoms with Gasteiger partial charge in [0.2, 0.25) is 0 Å². The Kier molecular flexibility index (Phi) is 5.69. The van der Waals surface area contributed by atoms with Crippen LogP contribution in [0.4, 0.5) is 0 Å². The van der Waals surface area contributed by atoms with Crippen LogP contribution in [-0.2, 0) is 11.2 Å². The number of ether oxygens (including phenoxy) is 1. The highest BCUT2D eigenvalue weighted by molar-refractivity contribution is 6.01. The van der Waals surface area contributed by atoms with Crippen LogP contribution in [0.3, 0.4) is 0 Å². The minimum Gasteiger partial charge on any atom is -0.379 e. The van der Waals surface area contributed by atoms with Gasteiger partial charge in [0.1, 0.15) is 5.69 Å². The van der Waals surface area contributed by atoms with Gasteiger partial charge in [-0.2, -0.15) is 0 Å². The zero-order chi connectivity index (χ0) is 19.3. The number of aromatic nitrogens is 2. The SMILES string of the molecule is CCc1c(C(=O)NC[C@H](c2ccccn2)N2CCOCC2)[nH]c2ccccc12. The number of carbonyl (C=O) groups excluding carboxylic acids is 1. The molecule has 6 nitrogen and oxygen atoms in total. The lowest BCUT2D eigenvalue weighted by Gasteiger charge is -2.34. The first-order valence-electron chi connectivity index (χ1n) is 9.88. The maximum atomic E-state index is 13.0. The number of morpholine rings is 1. The number of aromatic amines is 1. The van der Waals surface area contributed by atoms with Crippen molar-refractivity contribution in [2.75, 3.05) is 32.8 Å². The molecule has 0 unspecified atom stereocenters. The fourth-order valence-electron chi connectivity index (χ4n) is 3.92. The van der Waals surface area contributed by atoms with Gasteiger partial charge in [0.05, 0.1) is 24.9 Å². The molecule has 1 fully saturated rings.